The second kappa shape index (κ2) is 10.8. The van der Waals surface area contributed by atoms with E-state index in [-0.39, 0.29) is 10.8 Å². The molecule has 0 amide bonds. The summed E-state index contributed by atoms with van der Waals surface area (Å²) in [5.41, 5.74) is 10.8. The molecule has 2 aromatic heterocycles. The van der Waals surface area contributed by atoms with Gasteiger partial charge >= 0.3 is 0 Å². The first-order valence-electron chi connectivity index (χ1n) is 18.1. The van der Waals surface area contributed by atoms with Crippen LogP contribution in [0.2, 0.25) is 0 Å². The molecular formula is C48H39N3. The van der Waals surface area contributed by atoms with Gasteiger partial charge < -0.3 is 4.57 Å². The molecule has 51 heavy (non-hydrogen) atoms. The SMILES string of the molecule is CC1(C)CCC(C)(C)c2cc3c(cc21)c1c2ccccc2ccc1n3-c1ccc(-c2nc(-c3ccccc3)c3ccccc3n2)c2ccccc12. The summed E-state index contributed by atoms with van der Waals surface area (Å²) in [5.74, 6) is 0.738. The van der Waals surface area contributed by atoms with E-state index in [2.05, 4.69) is 172 Å². The molecule has 1 aliphatic rings. The Bertz CT molecular complexity index is 2860. The van der Waals surface area contributed by atoms with Crippen molar-refractivity contribution in [2.24, 2.45) is 0 Å². The number of fused-ring (bicyclic) bond motifs is 8. The summed E-state index contributed by atoms with van der Waals surface area (Å²) in [7, 11) is 0. The first-order valence-corrected chi connectivity index (χ1v) is 18.1. The molecule has 0 N–H and O–H groups in total. The van der Waals surface area contributed by atoms with Crippen LogP contribution in [0.5, 0.6) is 0 Å². The summed E-state index contributed by atoms with van der Waals surface area (Å²) in [4.78, 5) is 10.4. The van der Waals surface area contributed by atoms with Crippen LogP contribution in [-0.2, 0) is 10.8 Å². The van der Waals surface area contributed by atoms with Crippen LogP contribution in [0.3, 0.4) is 0 Å². The first-order chi connectivity index (χ1) is 24.8. The molecule has 0 unspecified atom stereocenters. The quantitative estimate of drug-likeness (QED) is 0.189. The van der Waals surface area contributed by atoms with Gasteiger partial charge in [0.1, 0.15) is 0 Å². The van der Waals surface area contributed by atoms with Gasteiger partial charge in [0.2, 0.25) is 0 Å². The van der Waals surface area contributed by atoms with Gasteiger partial charge in [0.05, 0.1) is 27.9 Å². The number of hydrogen-bond acceptors (Lipinski definition) is 2. The predicted octanol–water partition coefficient (Wildman–Crippen LogP) is 12.7. The molecule has 0 radical (unpaired) electrons. The molecule has 0 spiro atoms. The highest BCUT2D eigenvalue weighted by atomic mass is 15.0. The van der Waals surface area contributed by atoms with Crippen molar-refractivity contribution in [1.82, 2.24) is 14.5 Å². The van der Waals surface area contributed by atoms with E-state index in [0.29, 0.717) is 0 Å². The topological polar surface area (TPSA) is 30.7 Å². The van der Waals surface area contributed by atoms with Crippen molar-refractivity contribution in [2.75, 3.05) is 0 Å². The monoisotopic (exact) mass is 657 g/mol. The summed E-state index contributed by atoms with van der Waals surface area (Å²) in [6.07, 6.45) is 2.36. The molecule has 9 aromatic rings. The average molecular weight is 658 g/mol. The minimum Gasteiger partial charge on any atom is -0.309 e. The first kappa shape index (κ1) is 30.1. The number of hydrogen-bond donors (Lipinski definition) is 0. The fourth-order valence-electron chi connectivity index (χ4n) is 8.79. The maximum absolute atomic E-state index is 5.28. The lowest BCUT2D eigenvalue weighted by Gasteiger charge is -2.42. The third-order valence-corrected chi connectivity index (χ3v) is 11.7. The Morgan fingerprint density at radius 1 is 0.510 bits per heavy atom. The van der Waals surface area contributed by atoms with Gasteiger partial charge in [-0.25, -0.2) is 9.97 Å². The van der Waals surface area contributed by atoms with Gasteiger partial charge in [-0.15, -0.1) is 0 Å². The van der Waals surface area contributed by atoms with Gasteiger partial charge in [-0.1, -0.05) is 131 Å². The van der Waals surface area contributed by atoms with Crippen LogP contribution in [0.1, 0.15) is 51.7 Å². The smallest absolute Gasteiger partial charge is 0.161 e. The normalized spacial score (nSPS) is 15.2. The molecule has 2 heterocycles. The summed E-state index contributed by atoms with van der Waals surface area (Å²) in [6, 6.07) is 50.6. The van der Waals surface area contributed by atoms with Crippen LogP contribution in [0.4, 0.5) is 0 Å². The van der Waals surface area contributed by atoms with Gasteiger partial charge in [-0.05, 0) is 87.4 Å². The van der Waals surface area contributed by atoms with E-state index >= 15 is 0 Å². The molecule has 0 bridgehead atoms. The number of nitrogens with zero attached hydrogens (tertiary/aromatic N) is 3. The molecule has 3 nitrogen and oxygen atoms in total. The predicted molar refractivity (Wildman–Crippen MR) is 215 cm³/mol. The second-order valence-electron chi connectivity index (χ2n) is 15.7. The Balaban J connectivity index is 1.29. The standard InChI is InChI=1S/C48H39N3/c1-47(2)26-27-48(3,4)39-29-43-37(28-38(39)47)44-32-17-9-8-14-30(32)22-24-42(44)51(43)41-25-23-35(33-18-10-11-19-34(33)41)46-49-40-21-13-12-20-36(40)45(50-46)31-15-6-5-7-16-31/h5-25,28-29H,26-27H2,1-4H3. The van der Waals surface area contributed by atoms with Crippen molar-refractivity contribution < 1.29 is 0 Å². The molecule has 0 aliphatic heterocycles. The maximum atomic E-state index is 5.28. The molecule has 0 saturated carbocycles. The molecule has 0 saturated heterocycles. The van der Waals surface area contributed by atoms with E-state index < -0.39 is 0 Å². The summed E-state index contributed by atoms with van der Waals surface area (Å²) in [6.45, 7) is 9.70. The van der Waals surface area contributed by atoms with Gasteiger partial charge in [0.25, 0.3) is 0 Å². The highest BCUT2D eigenvalue weighted by Crippen LogP contribution is 2.49. The van der Waals surface area contributed by atoms with Crippen molar-refractivity contribution in [1.29, 1.82) is 0 Å². The number of aromatic nitrogens is 3. The zero-order chi connectivity index (χ0) is 34.5. The molecule has 10 rings (SSSR count). The van der Waals surface area contributed by atoms with E-state index in [9.17, 15) is 0 Å². The molecule has 0 atom stereocenters. The van der Waals surface area contributed by atoms with Crippen molar-refractivity contribution in [3.8, 4) is 28.3 Å². The van der Waals surface area contributed by atoms with E-state index in [1.54, 1.807) is 0 Å². The number of benzene rings is 7. The van der Waals surface area contributed by atoms with Crippen molar-refractivity contribution in [3.63, 3.8) is 0 Å². The average Bonchev–Trinajstić information content (AvgIpc) is 3.49. The van der Waals surface area contributed by atoms with Crippen LogP contribution in [0.15, 0.2) is 140 Å². The van der Waals surface area contributed by atoms with Crippen LogP contribution in [0.25, 0.3) is 82.6 Å². The molecule has 7 aromatic carbocycles. The zero-order valence-corrected chi connectivity index (χ0v) is 29.5. The summed E-state index contributed by atoms with van der Waals surface area (Å²) in [5, 5.41) is 8.58. The summed E-state index contributed by atoms with van der Waals surface area (Å²) < 4.78 is 2.53. The second-order valence-corrected chi connectivity index (χ2v) is 15.7. The largest absolute Gasteiger partial charge is 0.309 e. The Morgan fingerprint density at radius 2 is 1.16 bits per heavy atom. The van der Waals surface area contributed by atoms with Gasteiger partial charge in [-0.3, -0.25) is 0 Å². The Hall–Kier alpha value is -5.80. The molecule has 3 heteroatoms. The Morgan fingerprint density at radius 3 is 1.94 bits per heavy atom. The molecular weight excluding hydrogens is 619 g/mol. The lowest BCUT2D eigenvalue weighted by molar-refractivity contribution is 0.332. The number of para-hydroxylation sites is 1. The highest BCUT2D eigenvalue weighted by molar-refractivity contribution is 6.22. The molecule has 0 fully saturated rings. The van der Waals surface area contributed by atoms with Gasteiger partial charge in [-0.2, -0.15) is 0 Å². The Labute approximate surface area is 298 Å². The fraction of sp³-hybridized carbons (Fsp3) is 0.167. The third-order valence-electron chi connectivity index (χ3n) is 11.7. The lowest BCUT2D eigenvalue weighted by Crippen LogP contribution is -2.33. The van der Waals surface area contributed by atoms with Crippen LogP contribution >= 0.6 is 0 Å². The minimum absolute atomic E-state index is 0.0954. The van der Waals surface area contributed by atoms with Crippen LogP contribution < -0.4 is 0 Å². The van der Waals surface area contributed by atoms with E-state index in [1.165, 1.54) is 67.6 Å². The summed E-state index contributed by atoms with van der Waals surface area (Å²) >= 11 is 0. The van der Waals surface area contributed by atoms with Crippen molar-refractivity contribution >= 4 is 54.3 Å². The fourth-order valence-corrected chi connectivity index (χ4v) is 8.79. The van der Waals surface area contributed by atoms with Gasteiger partial charge in [0, 0.05) is 32.7 Å². The molecule has 1 aliphatic carbocycles. The zero-order valence-electron chi connectivity index (χ0n) is 29.5. The minimum atomic E-state index is 0.0954. The lowest BCUT2D eigenvalue weighted by atomic mass is 9.63. The maximum Gasteiger partial charge on any atom is 0.161 e. The van der Waals surface area contributed by atoms with E-state index in [0.717, 1.165) is 38.9 Å². The van der Waals surface area contributed by atoms with Gasteiger partial charge in [0.15, 0.2) is 5.82 Å². The van der Waals surface area contributed by atoms with E-state index in [1.807, 2.05) is 0 Å². The third kappa shape index (κ3) is 4.50. The highest BCUT2D eigenvalue weighted by Gasteiger charge is 2.38. The Kier molecular flexibility index (Phi) is 6.39. The van der Waals surface area contributed by atoms with Crippen molar-refractivity contribution in [3.05, 3.63) is 151 Å². The van der Waals surface area contributed by atoms with E-state index in [4.69, 9.17) is 9.97 Å². The number of rotatable bonds is 3. The van der Waals surface area contributed by atoms with Crippen LogP contribution in [-0.4, -0.2) is 14.5 Å². The molecule has 246 valence electrons. The van der Waals surface area contributed by atoms with Crippen LogP contribution in [0, 0.1) is 0 Å². The van der Waals surface area contributed by atoms with Crippen molar-refractivity contribution in [2.45, 2.75) is 51.4 Å².